The molecule has 0 saturated heterocycles. The first-order chi connectivity index (χ1) is 17.9. The maximum atomic E-state index is 11.3. The van der Waals surface area contributed by atoms with Crippen LogP contribution in [0, 0.1) is 40.4 Å². The fourth-order valence-electron chi connectivity index (χ4n) is 8.93. The Morgan fingerprint density at radius 3 is 2.34 bits per heavy atom. The molecule has 0 aliphatic heterocycles. The Hall–Kier alpha value is 1.14. The van der Waals surface area contributed by atoms with Crippen molar-refractivity contribution in [3.8, 4) is 0 Å². The fraction of sp³-hybridized carbons (Fsp3) is 0.852. The van der Waals surface area contributed by atoms with E-state index in [-0.39, 0.29) is 101 Å². The van der Waals surface area contributed by atoms with Crippen LogP contribution in [0.1, 0.15) is 78.6 Å². The predicted molar refractivity (Wildman–Crippen MR) is 140 cm³/mol. The molecule has 4 rings (SSSR count). The normalized spacial score (nSPS) is 38.2. The van der Waals surface area contributed by atoms with E-state index in [4.69, 9.17) is 4.18 Å². The van der Waals surface area contributed by atoms with Gasteiger partial charge in [0.15, 0.2) is 0 Å². The van der Waals surface area contributed by atoms with Crippen LogP contribution in [0.25, 0.3) is 0 Å². The van der Waals surface area contributed by atoms with Crippen molar-refractivity contribution in [3.63, 3.8) is 0 Å². The maximum absolute atomic E-state index is 11.3. The average Bonchev–Trinajstić information content (AvgIpc) is 3.15. The summed E-state index contributed by atoms with van der Waals surface area (Å²) in [7, 11) is -9.77. The maximum Gasteiger partial charge on any atom is 1.00 e. The molecule has 3 fully saturated rings. The van der Waals surface area contributed by atoms with Crippen LogP contribution in [0.3, 0.4) is 0 Å². The van der Waals surface area contributed by atoms with Gasteiger partial charge < -0.3 is 19.3 Å². The number of allylic oxidation sites excluding steroid dienone is 1. The van der Waals surface area contributed by atoms with E-state index in [1.807, 2.05) is 0 Å². The van der Waals surface area contributed by atoms with Crippen molar-refractivity contribution in [2.24, 2.45) is 40.4 Å². The van der Waals surface area contributed by atoms with Crippen LogP contribution in [-0.2, 0) is 29.2 Å². The van der Waals surface area contributed by atoms with Crippen molar-refractivity contribution in [2.45, 2.75) is 96.9 Å². The van der Waals surface area contributed by atoms with E-state index in [2.05, 4.69) is 30.7 Å². The Kier molecular flexibility index (Phi) is 13.3. The Balaban J connectivity index is 0.00000294. The monoisotopic (exact) mass is 636 g/mol. The van der Waals surface area contributed by atoms with E-state index < -0.39 is 39.1 Å². The molecule has 0 radical (unpaired) electrons. The molecule has 2 N–H and O–H groups in total. The summed E-state index contributed by atoms with van der Waals surface area (Å²) in [5.41, 5.74) is 1.24. The van der Waals surface area contributed by atoms with Gasteiger partial charge in [0.1, 0.15) is 6.10 Å². The third-order valence-electron chi connectivity index (χ3n) is 10.8. The van der Waals surface area contributed by atoms with Gasteiger partial charge in [0.2, 0.25) is 20.8 Å². The van der Waals surface area contributed by atoms with Crippen LogP contribution >= 0.6 is 0 Å². The van der Waals surface area contributed by atoms with Crippen molar-refractivity contribution >= 4 is 20.8 Å². The summed E-state index contributed by atoms with van der Waals surface area (Å²) in [5, 5.41) is 21.1. The topological polar surface area (TPSA) is 173 Å². The molecule has 0 spiro atoms. The van der Waals surface area contributed by atoms with Crippen LogP contribution in [-0.4, -0.2) is 61.1 Å². The number of aliphatic hydroxyl groups is 2. The molecule has 0 heterocycles. The van der Waals surface area contributed by atoms with Crippen LogP contribution in [0.4, 0.5) is 0 Å². The van der Waals surface area contributed by atoms with E-state index >= 15 is 0 Å². The zero-order valence-corrected chi connectivity index (χ0v) is 30.6. The molecular formula is C27H42Na2O10S2. The molecule has 10 nitrogen and oxygen atoms in total. The molecule has 10 atom stereocenters. The van der Waals surface area contributed by atoms with E-state index in [9.17, 15) is 36.2 Å². The second-order valence-electron chi connectivity index (χ2n) is 12.9. The van der Waals surface area contributed by atoms with E-state index in [0.717, 1.165) is 37.7 Å². The van der Waals surface area contributed by atoms with Gasteiger partial charge in [-0.05, 0) is 105 Å². The summed E-state index contributed by atoms with van der Waals surface area (Å²) in [6.45, 7) is 9.74. The van der Waals surface area contributed by atoms with Gasteiger partial charge in [-0.2, -0.15) is 0 Å². The molecular weight excluding hydrogens is 594 g/mol. The molecule has 14 heteroatoms. The summed E-state index contributed by atoms with van der Waals surface area (Å²) < 4.78 is 77.0. The van der Waals surface area contributed by atoms with Crippen molar-refractivity contribution in [3.05, 3.63) is 23.8 Å². The van der Waals surface area contributed by atoms with E-state index in [1.165, 1.54) is 0 Å². The standard InChI is InChI=1S/C27H44O10S2.2Na/c1-16(2)23(28)10-5-17(15-36-38(30,31)32)20-8-9-21-19-7-6-18-13-25(37-39(33,34)35)24(29)14-27(18,4)22(19)11-12-26(20,21)3;;/h6,17,19-25,28-29H,1,5,7-15H2,2-4H3,(H,30,31,32)(H,33,34,35);;/q;2*+1/p-2/t17-,19-,20+,21-,22-,23+,24-,25-,26+,27-;;/m0../s1. The molecule has 0 bridgehead atoms. The van der Waals surface area contributed by atoms with Gasteiger partial charge in [0.25, 0.3) is 0 Å². The molecule has 3 saturated carbocycles. The smallest absolute Gasteiger partial charge is 0.726 e. The molecule has 41 heavy (non-hydrogen) atoms. The summed E-state index contributed by atoms with van der Waals surface area (Å²) in [6, 6.07) is 0. The molecule has 4 aliphatic carbocycles. The molecule has 0 aromatic heterocycles. The zero-order chi connectivity index (χ0) is 29.0. The second kappa shape index (κ2) is 14.3. The SMILES string of the molecule is C=C(C)[C@H](O)CC[C@@H](COS(=O)(=O)[O-])[C@H]1CC[C@H]2[C@@H]3CC=C4C[C@H](OS(=O)(=O)[O-])[C@@H](O)C[C@]4(C)[C@H]3CC[C@]12C.[Na+].[Na+]. The summed E-state index contributed by atoms with van der Waals surface area (Å²) >= 11 is 0. The van der Waals surface area contributed by atoms with Crippen LogP contribution in [0.5, 0.6) is 0 Å². The first-order valence-corrected chi connectivity index (χ1v) is 16.6. The molecule has 0 amide bonds. The molecule has 0 unspecified atom stereocenters. The minimum Gasteiger partial charge on any atom is -0.726 e. The number of aliphatic hydroxyl groups excluding tert-OH is 2. The van der Waals surface area contributed by atoms with Crippen LogP contribution in [0.15, 0.2) is 23.8 Å². The van der Waals surface area contributed by atoms with Crippen LogP contribution in [0.2, 0.25) is 0 Å². The van der Waals surface area contributed by atoms with Gasteiger partial charge >= 0.3 is 59.1 Å². The Morgan fingerprint density at radius 2 is 1.76 bits per heavy atom. The van der Waals surface area contributed by atoms with Gasteiger partial charge in [-0.25, -0.2) is 16.8 Å². The zero-order valence-electron chi connectivity index (χ0n) is 25.0. The minimum absolute atomic E-state index is 0. The van der Waals surface area contributed by atoms with Crippen molar-refractivity contribution in [2.75, 3.05) is 6.61 Å². The number of hydrogen-bond acceptors (Lipinski definition) is 10. The Labute approximate surface area is 289 Å². The summed E-state index contributed by atoms with van der Waals surface area (Å²) in [5.74, 6) is 0.874. The van der Waals surface area contributed by atoms with Crippen LogP contribution < -0.4 is 59.1 Å². The Bertz CT molecular complexity index is 1190. The average molecular weight is 637 g/mol. The van der Waals surface area contributed by atoms with Gasteiger partial charge in [-0.3, -0.25) is 8.37 Å². The summed E-state index contributed by atoms with van der Waals surface area (Å²) in [4.78, 5) is 0. The number of fused-ring (bicyclic) bond motifs is 5. The molecule has 224 valence electrons. The van der Waals surface area contributed by atoms with Gasteiger partial charge in [-0.1, -0.05) is 37.6 Å². The third kappa shape index (κ3) is 8.49. The van der Waals surface area contributed by atoms with Gasteiger partial charge in [-0.15, -0.1) is 0 Å². The molecule has 4 aliphatic rings. The van der Waals surface area contributed by atoms with E-state index in [1.54, 1.807) is 6.92 Å². The first-order valence-electron chi connectivity index (χ1n) is 13.9. The van der Waals surface area contributed by atoms with E-state index in [0.29, 0.717) is 36.7 Å². The quantitative estimate of drug-likeness (QED) is 0.110. The largest absolute Gasteiger partial charge is 1.00 e. The Morgan fingerprint density at radius 1 is 1.10 bits per heavy atom. The number of hydrogen-bond donors (Lipinski definition) is 2. The first kappa shape index (κ1) is 38.3. The predicted octanol–water partition coefficient (Wildman–Crippen LogP) is -2.80. The van der Waals surface area contributed by atoms with Gasteiger partial charge in [0.05, 0.1) is 18.8 Å². The third-order valence-corrected chi connectivity index (χ3v) is 11.7. The summed E-state index contributed by atoms with van der Waals surface area (Å²) in [6.07, 6.45) is 5.18. The molecule has 0 aromatic rings. The van der Waals surface area contributed by atoms with Crippen molar-refractivity contribution < 1.29 is 104 Å². The van der Waals surface area contributed by atoms with Crippen molar-refractivity contribution in [1.29, 1.82) is 0 Å². The van der Waals surface area contributed by atoms with Gasteiger partial charge in [0, 0.05) is 0 Å². The molecule has 0 aromatic carbocycles. The second-order valence-corrected chi connectivity index (χ2v) is 15.0. The van der Waals surface area contributed by atoms with Crippen molar-refractivity contribution in [1.82, 2.24) is 0 Å². The fourth-order valence-corrected chi connectivity index (χ4v) is 9.77. The minimum atomic E-state index is -4.93. The number of rotatable bonds is 10.